The van der Waals surface area contributed by atoms with E-state index in [9.17, 15) is 0 Å². The molecule has 2 rings (SSSR count). The van der Waals surface area contributed by atoms with Crippen LogP contribution in [-0.4, -0.2) is 14.9 Å². The summed E-state index contributed by atoms with van der Waals surface area (Å²) in [5, 5.41) is 2.91. The molecular weight excluding hydrogens is 212 g/mol. The average molecular weight is 232 g/mol. The van der Waals surface area contributed by atoms with Crippen molar-refractivity contribution in [1.29, 1.82) is 0 Å². The van der Waals surface area contributed by atoms with Gasteiger partial charge in [-0.05, 0) is 31.5 Å². The second-order valence-corrected chi connectivity index (χ2v) is 8.28. The Balaban J connectivity index is 2.42. The Kier molecular flexibility index (Phi) is 3.61. The Bertz CT molecular complexity index is 364. The highest BCUT2D eigenvalue weighted by Crippen LogP contribution is 2.28. The summed E-state index contributed by atoms with van der Waals surface area (Å²) < 4.78 is 6.27. The standard InChI is InChI=1S/C14H20OSi/c1-3-13(2)16(12-8-7-11-15-16)14-9-5-4-6-10-14/h3-6,9-10H,7-8,11-12H2,1-2H3. The number of allylic oxidation sites excluding steroid dienone is 2. The van der Waals surface area contributed by atoms with Crippen LogP contribution < -0.4 is 5.19 Å². The fraction of sp³-hybridized carbons (Fsp3) is 0.429. The summed E-state index contributed by atoms with van der Waals surface area (Å²) in [4.78, 5) is 0. The molecule has 0 spiro atoms. The van der Waals surface area contributed by atoms with Crippen molar-refractivity contribution in [2.75, 3.05) is 6.61 Å². The second-order valence-electron chi connectivity index (χ2n) is 4.47. The molecular formula is C14H20OSi. The van der Waals surface area contributed by atoms with Crippen LogP contribution in [0, 0.1) is 0 Å². The van der Waals surface area contributed by atoms with Gasteiger partial charge in [0.1, 0.15) is 0 Å². The lowest BCUT2D eigenvalue weighted by Crippen LogP contribution is -2.54. The van der Waals surface area contributed by atoms with Crippen LogP contribution in [-0.2, 0) is 4.43 Å². The molecule has 0 aromatic heterocycles. The molecule has 1 aromatic rings. The topological polar surface area (TPSA) is 9.23 Å². The number of benzene rings is 1. The zero-order valence-electron chi connectivity index (χ0n) is 10.2. The summed E-state index contributed by atoms with van der Waals surface area (Å²) in [7, 11) is -1.80. The summed E-state index contributed by atoms with van der Waals surface area (Å²) in [5.74, 6) is 0. The molecule has 2 heteroatoms. The summed E-state index contributed by atoms with van der Waals surface area (Å²) >= 11 is 0. The quantitative estimate of drug-likeness (QED) is 0.712. The minimum absolute atomic E-state index is 0.937. The first-order chi connectivity index (χ1) is 7.79. The molecule has 1 heterocycles. The van der Waals surface area contributed by atoms with Gasteiger partial charge in [0.2, 0.25) is 0 Å². The van der Waals surface area contributed by atoms with E-state index in [-0.39, 0.29) is 0 Å². The van der Waals surface area contributed by atoms with Gasteiger partial charge in [-0.3, -0.25) is 0 Å². The lowest BCUT2D eigenvalue weighted by atomic mass is 10.3. The predicted molar refractivity (Wildman–Crippen MR) is 71.3 cm³/mol. The van der Waals surface area contributed by atoms with Gasteiger partial charge in [0.15, 0.2) is 0 Å². The molecule has 1 saturated heterocycles. The highest BCUT2D eigenvalue weighted by molar-refractivity contribution is 6.92. The van der Waals surface area contributed by atoms with Crippen molar-refractivity contribution < 1.29 is 4.43 Å². The van der Waals surface area contributed by atoms with Crippen LogP contribution in [0.15, 0.2) is 41.6 Å². The Morgan fingerprint density at radius 1 is 1.25 bits per heavy atom. The fourth-order valence-corrected chi connectivity index (χ4v) is 6.62. The zero-order chi connectivity index (χ0) is 11.4. The molecule has 1 nitrogen and oxygen atoms in total. The molecule has 1 atom stereocenters. The van der Waals surface area contributed by atoms with Gasteiger partial charge in [-0.15, -0.1) is 0 Å². The van der Waals surface area contributed by atoms with E-state index in [1.54, 1.807) is 0 Å². The van der Waals surface area contributed by atoms with Gasteiger partial charge < -0.3 is 4.43 Å². The lowest BCUT2D eigenvalue weighted by molar-refractivity contribution is 0.280. The second kappa shape index (κ2) is 4.98. The summed E-state index contributed by atoms with van der Waals surface area (Å²) in [5.41, 5.74) is 0. The normalized spacial score (nSPS) is 26.8. The van der Waals surface area contributed by atoms with E-state index in [0.717, 1.165) is 6.61 Å². The third-order valence-electron chi connectivity index (χ3n) is 3.58. The number of hydrogen-bond donors (Lipinski definition) is 0. The zero-order valence-corrected chi connectivity index (χ0v) is 11.2. The Labute approximate surface area is 99.3 Å². The Hall–Kier alpha value is -0.863. The maximum atomic E-state index is 6.27. The number of rotatable bonds is 2. The van der Waals surface area contributed by atoms with E-state index in [0.29, 0.717) is 0 Å². The molecule has 16 heavy (non-hydrogen) atoms. The molecule has 1 aliphatic heterocycles. The summed E-state index contributed by atoms with van der Waals surface area (Å²) in [6.07, 6.45) is 4.77. The maximum Gasteiger partial charge on any atom is 0.251 e. The molecule has 0 radical (unpaired) electrons. The van der Waals surface area contributed by atoms with Crippen molar-refractivity contribution >= 4 is 13.5 Å². The first-order valence-electron chi connectivity index (χ1n) is 6.12. The van der Waals surface area contributed by atoms with Crippen molar-refractivity contribution in [1.82, 2.24) is 0 Å². The van der Waals surface area contributed by atoms with Crippen LogP contribution >= 0.6 is 0 Å². The molecule has 0 N–H and O–H groups in total. The Morgan fingerprint density at radius 3 is 2.56 bits per heavy atom. The van der Waals surface area contributed by atoms with Crippen LogP contribution in [0.2, 0.25) is 6.04 Å². The van der Waals surface area contributed by atoms with E-state index < -0.39 is 8.32 Å². The van der Waals surface area contributed by atoms with E-state index >= 15 is 0 Å². The van der Waals surface area contributed by atoms with E-state index in [4.69, 9.17) is 4.43 Å². The largest absolute Gasteiger partial charge is 0.408 e. The van der Waals surface area contributed by atoms with Gasteiger partial charge in [0.05, 0.1) is 0 Å². The molecule has 1 fully saturated rings. The first kappa shape index (κ1) is 11.6. The monoisotopic (exact) mass is 232 g/mol. The fourth-order valence-electron chi connectivity index (χ4n) is 2.50. The lowest BCUT2D eigenvalue weighted by Gasteiger charge is -2.36. The van der Waals surface area contributed by atoms with Gasteiger partial charge in [-0.2, -0.15) is 0 Å². The van der Waals surface area contributed by atoms with Gasteiger partial charge >= 0.3 is 0 Å². The third-order valence-corrected chi connectivity index (χ3v) is 8.16. The number of hydrogen-bond acceptors (Lipinski definition) is 1. The van der Waals surface area contributed by atoms with Gasteiger partial charge in [0.25, 0.3) is 8.32 Å². The smallest absolute Gasteiger partial charge is 0.251 e. The minimum Gasteiger partial charge on any atom is -0.408 e. The molecule has 0 saturated carbocycles. The molecule has 0 amide bonds. The average Bonchev–Trinajstić information content (AvgIpc) is 2.39. The van der Waals surface area contributed by atoms with Crippen LogP contribution in [0.1, 0.15) is 26.7 Å². The highest BCUT2D eigenvalue weighted by atomic mass is 28.4. The highest BCUT2D eigenvalue weighted by Gasteiger charge is 2.40. The molecule has 86 valence electrons. The van der Waals surface area contributed by atoms with Crippen LogP contribution in [0.4, 0.5) is 0 Å². The van der Waals surface area contributed by atoms with Gasteiger partial charge in [0, 0.05) is 6.61 Å². The molecule has 1 unspecified atom stereocenters. The van der Waals surface area contributed by atoms with Crippen molar-refractivity contribution in [2.24, 2.45) is 0 Å². The third kappa shape index (κ3) is 2.00. The van der Waals surface area contributed by atoms with Crippen LogP contribution in [0.3, 0.4) is 0 Å². The van der Waals surface area contributed by atoms with E-state index in [1.165, 1.54) is 29.3 Å². The minimum atomic E-state index is -1.80. The van der Waals surface area contributed by atoms with Crippen molar-refractivity contribution in [2.45, 2.75) is 32.7 Å². The van der Waals surface area contributed by atoms with Crippen molar-refractivity contribution in [3.63, 3.8) is 0 Å². The van der Waals surface area contributed by atoms with Crippen LogP contribution in [0.5, 0.6) is 0 Å². The van der Waals surface area contributed by atoms with Crippen molar-refractivity contribution in [3.05, 3.63) is 41.6 Å². The van der Waals surface area contributed by atoms with Gasteiger partial charge in [-0.25, -0.2) is 0 Å². The maximum absolute atomic E-state index is 6.27. The van der Waals surface area contributed by atoms with Gasteiger partial charge in [-0.1, -0.05) is 48.0 Å². The van der Waals surface area contributed by atoms with E-state index in [2.05, 4.69) is 50.3 Å². The van der Waals surface area contributed by atoms with E-state index in [1.807, 2.05) is 0 Å². The van der Waals surface area contributed by atoms with Crippen LogP contribution in [0.25, 0.3) is 0 Å². The Morgan fingerprint density at radius 2 is 2.00 bits per heavy atom. The van der Waals surface area contributed by atoms with Crippen molar-refractivity contribution in [3.8, 4) is 0 Å². The molecule has 1 aromatic carbocycles. The predicted octanol–water partition coefficient (Wildman–Crippen LogP) is 3.15. The SMILES string of the molecule is CC=C(C)[Si]1(c2ccccc2)CCCCO1. The molecule has 1 aliphatic rings. The summed E-state index contributed by atoms with van der Waals surface area (Å²) in [6, 6.07) is 12.1. The first-order valence-corrected chi connectivity index (χ1v) is 8.24. The summed E-state index contributed by atoms with van der Waals surface area (Å²) in [6.45, 7) is 5.31. The molecule has 0 bridgehead atoms. The molecule has 0 aliphatic carbocycles.